The standard InChI is InChI=1S/C9H7BrN2O/c1-13-7-3-2-6(10)8-9(7)12-5-4-11-8/h2-5H,1H3. The number of rotatable bonds is 1. The fraction of sp³-hybridized carbons (Fsp3) is 0.111. The van der Waals surface area contributed by atoms with Crippen LogP contribution >= 0.6 is 15.9 Å². The molecule has 0 saturated heterocycles. The predicted molar refractivity (Wildman–Crippen MR) is 53.8 cm³/mol. The maximum atomic E-state index is 5.16. The minimum atomic E-state index is 0.742. The van der Waals surface area contributed by atoms with Crippen LogP contribution in [-0.2, 0) is 0 Å². The molecular formula is C9H7BrN2O. The van der Waals surface area contributed by atoms with Crippen LogP contribution in [0, 0.1) is 0 Å². The Morgan fingerprint density at radius 2 is 1.85 bits per heavy atom. The van der Waals surface area contributed by atoms with E-state index >= 15 is 0 Å². The number of benzene rings is 1. The molecule has 0 fully saturated rings. The second-order valence-corrected chi connectivity index (χ2v) is 3.36. The third-order valence-corrected chi connectivity index (χ3v) is 2.40. The molecule has 1 aromatic carbocycles. The van der Waals surface area contributed by atoms with E-state index < -0.39 is 0 Å². The topological polar surface area (TPSA) is 35.0 Å². The first-order valence-electron chi connectivity index (χ1n) is 3.76. The highest BCUT2D eigenvalue weighted by molar-refractivity contribution is 9.10. The zero-order valence-electron chi connectivity index (χ0n) is 6.99. The lowest BCUT2D eigenvalue weighted by Crippen LogP contribution is -1.89. The summed E-state index contributed by atoms with van der Waals surface area (Å²) in [6, 6.07) is 3.76. The molecule has 13 heavy (non-hydrogen) atoms. The molecule has 1 heterocycles. The van der Waals surface area contributed by atoms with Crippen LogP contribution in [0.5, 0.6) is 5.75 Å². The number of hydrogen-bond acceptors (Lipinski definition) is 3. The molecule has 0 aliphatic rings. The minimum absolute atomic E-state index is 0.742. The lowest BCUT2D eigenvalue weighted by atomic mass is 10.3. The van der Waals surface area contributed by atoms with Crippen molar-refractivity contribution >= 4 is 27.0 Å². The van der Waals surface area contributed by atoms with Gasteiger partial charge in [0.1, 0.15) is 16.8 Å². The van der Waals surface area contributed by atoms with Gasteiger partial charge in [0, 0.05) is 16.9 Å². The predicted octanol–water partition coefficient (Wildman–Crippen LogP) is 2.40. The Kier molecular flexibility index (Phi) is 2.14. The Morgan fingerprint density at radius 3 is 2.54 bits per heavy atom. The molecule has 66 valence electrons. The third-order valence-electron chi connectivity index (χ3n) is 1.76. The van der Waals surface area contributed by atoms with Crippen LogP contribution in [-0.4, -0.2) is 17.1 Å². The number of hydrogen-bond donors (Lipinski definition) is 0. The second-order valence-electron chi connectivity index (χ2n) is 2.50. The molecule has 4 heteroatoms. The fourth-order valence-electron chi connectivity index (χ4n) is 1.16. The molecule has 2 aromatic rings. The van der Waals surface area contributed by atoms with E-state index in [9.17, 15) is 0 Å². The van der Waals surface area contributed by atoms with E-state index in [4.69, 9.17) is 4.74 Å². The van der Waals surface area contributed by atoms with E-state index in [1.165, 1.54) is 0 Å². The van der Waals surface area contributed by atoms with Crippen LogP contribution in [0.3, 0.4) is 0 Å². The molecule has 0 atom stereocenters. The minimum Gasteiger partial charge on any atom is -0.494 e. The number of methoxy groups -OCH3 is 1. The van der Waals surface area contributed by atoms with Crippen molar-refractivity contribution in [2.45, 2.75) is 0 Å². The van der Waals surface area contributed by atoms with Crippen LogP contribution < -0.4 is 4.74 Å². The van der Waals surface area contributed by atoms with Crippen molar-refractivity contribution in [1.82, 2.24) is 9.97 Å². The summed E-state index contributed by atoms with van der Waals surface area (Å²) >= 11 is 3.40. The zero-order valence-corrected chi connectivity index (χ0v) is 8.58. The molecule has 0 amide bonds. The molecule has 3 nitrogen and oxygen atoms in total. The highest BCUT2D eigenvalue weighted by atomic mass is 79.9. The van der Waals surface area contributed by atoms with Crippen LogP contribution in [0.1, 0.15) is 0 Å². The number of halogens is 1. The molecule has 0 bridgehead atoms. The van der Waals surface area contributed by atoms with Crippen molar-refractivity contribution in [3.8, 4) is 5.75 Å². The van der Waals surface area contributed by atoms with Crippen molar-refractivity contribution in [3.63, 3.8) is 0 Å². The van der Waals surface area contributed by atoms with Gasteiger partial charge in [-0.2, -0.15) is 0 Å². The fourth-order valence-corrected chi connectivity index (χ4v) is 1.59. The average Bonchev–Trinajstić information content (AvgIpc) is 2.19. The highest BCUT2D eigenvalue weighted by Crippen LogP contribution is 2.27. The summed E-state index contributed by atoms with van der Waals surface area (Å²) in [4.78, 5) is 8.40. The summed E-state index contributed by atoms with van der Waals surface area (Å²) < 4.78 is 6.09. The van der Waals surface area contributed by atoms with Gasteiger partial charge < -0.3 is 4.74 Å². The maximum absolute atomic E-state index is 5.16. The Bertz CT molecular complexity index is 445. The first-order chi connectivity index (χ1) is 6.33. The molecule has 0 spiro atoms. The maximum Gasteiger partial charge on any atom is 0.146 e. The lowest BCUT2D eigenvalue weighted by Gasteiger charge is -2.03. The first kappa shape index (κ1) is 8.44. The first-order valence-corrected chi connectivity index (χ1v) is 4.55. The van der Waals surface area contributed by atoms with E-state index in [0.717, 1.165) is 21.3 Å². The summed E-state index contributed by atoms with van der Waals surface area (Å²) in [6.07, 6.45) is 3.31. The van der Waals surface area contributed by atoms with E-state index in [1.54, 1.807) is 19.5 Å². The molecule has 0 unspecified atom stereocenters. The summed E-state index contributed by atoms with van der Waals surface area (Å²) in [5.74, 6) is 0.742. The highest BCUT2D eigenvalue weighted by Gasteiger charge is 2.05. The quantitative estimate of drug-likeness (QED) is 0.766. The lowest BCUT2D eigenvalue weighted by molar-refractivity contribution is 0.418. The van der Waals surface area contributed by atoms with Crippen LogP contribution in [0.2, 0.25) is 0 Å². The van der Waals surface area contributed by atoms with Gasteiger partial charge in [0.25, 0.3) is 0 Å². The van der Waals surface area contributed by atoms with E-state index in [0.29, 0.717) is 0 Å². The van der Waals surface area contributed by atoms with E-state index in [2.05, 4.69) is 25.9 Å². The second kappa shape index (κ2) is 3.30. The van der Waals surface area contributed by atoms with Gasteiger partial charge >= 0.3 is 0 Å². The van der Waals surface area contributed by atoms with Gasteiger partial charge in [-0.25, -0.2) is 4.98 Å². The Morgan fingerprint density at radius 1 is 1.15 bits per heavy atom. The molecule has 0 aliphatic heterocycles. The molecule has 1 aromatic heterocycles. The van der Waals surface area contributed by atoms with E-state index in [1.807, 2.05) is 12.1 Å². The van der Waals surface area contributed by atoms with Crippen molar-refractivity contribution in [3.05, 3.63) is 29.0 Å². The molecular weight excluding hydrogens is 232 g/mol. The van der Waals surface area contributed by atoms with Crippen LogP contribution in [0.15, 0.2) is 29.0 Å². The van der Waals surface area contributed by atoms with E-state index in [-0.39, 0.29) is 0 Å². The molecule has 0 radical (unpaired) electrons. The Labute approximate surface area is 83.9 Å². The summed E-state index contributed by atoms with van der Waals surface area (Å²) in [6.45, 7) is 0. The molecule has 0 N–H and O–H groups in total. The van der Waals surface area contributed by atoms with Crippen molar-refractivity contribution in [2.75, 3.05) is 7.11 Å². The number of nitrogens with zero attached hydrogens (tertiary/aromatic N) is 2. The number of ether oxygens (including phenoxy) is 1. The molecule has 0 aliphatic carbocycles. The molecule has 0 saturated carbocycles. The van der Waals surface area contributed by atoms with Gasteiger partial charge in [-0.05, 0) is 28.1 Å². The van der Waals surface area contributed by atoms with Crippen molar-refractivity contribution < 1.29 is 4.74 Å². The van der Waals surface area contributed by atoms with Crippen LogP contribution in [0.4, 0.5) is 0 Å². The Balaban J connectivity index is 2.84. The normalized spacial score (nSPS) is 10.3. The largest absolute Gasteiger partial charge is 0.494 e. The zero-order chi connectivity index (χ0) is 9.26. The van der Waals surface area contributed by atoms with Crippen LogP contribution in [0.25, 0.3) is 11.0 Å². The van der Waals surface area contributed by atoms with Gasteiger partial charge in [0.2, 0.25) is 0 Å². The number of aromatic nitrogens is 2. The monoisotopic (exact) mass is 238 g/mol. The smallest absolute Gasteiger partial charge is 0.146 e. The number of fused-ring (bicyclic) bond motifs is 1. The average molecular weight is 239 g/mol. The van der Waals surface area contributed by atoms with Gasteiger partial charge in [-0.3, -0.25) is 4.98 Å². The Hall–Kier alpha value is -1.16. The van der Waals surface area contributed by atoms with Gasteiger partial charge in [0.05, 0.1) is 7.11 Å². The van der Waals surface area contributed by atoms with Crippen molar-refractivity contribution in [2.24, 2.45) is 0 Å². The summed E-state index contributed by atoms with van der Waals surface area (Å²) in [5.41, 5.74) is 1.60. The summed E-state index contributed by atoms with van der Waals surface area (Å²) in [7, 11) is 1.62. The SMILES string of the molecule is COc1ccc(Br)c2nccnc12. The summed E-state index contributed by atoms with van der Waals surface area (Å²) in [5, 5.41) is 0. The van der Waals surface area contributed by atoms with Gasteiger partial charge in [-0.1, -0.05) is 0 Å². The molecule has 2 rings (SSSR count). The third kappa shape index (κ3) is 1.37. The van der Waals surface area contributed by atoms with Crippen molar-refractivity contribution in [1.29, 1.82) is 0 Å². The van der Waals surface area contributed by atoms with Gasteiger partial charge in [0.15, 0.2) is 0 Å². The van der Waals surface area contributed by atoms with Gasteiger partial charge in [-0.15, -0.1) is 0 Å².